The van der Waals surface area contributed by atoms with Crippen molar-refractivity contribution in [3.8, 4) is 0 Å². The molecule has 0 bridgehead atoms. The molecule has 0 atom stereocenters. The molecule has 0 unspecified atom stereocenters. The fourth-order valence-electron chi connectivity index (χ4n) is 0.504. The monoisotopic (exact) mass is 159 g/mol. The van der Waals surface area contributed by atoms with E-state index in [0.717, 1.165) is 6.54 Å². The molecule has 0 aliphatic rings. The molecule has 0 fully saturated rings. The zero-order valence-electron chi connectivity index (χ0n) is 6.60. The van der Waals surface area contributed by atoms with E-state index in [4.69, 9.17) is 0 Å². The number of rotatable bonds is 3. The summed E-state index contributed by atoms with van der Waals surface area (Å²) in [5.74, 6) is 0. The SMILES string of the molecule is CNC/C(C)=C/SC(C)=O. The Morgan fingerprint density at radius 1 is 1.60 bits per heavy atom. The van der Waals surface area contributed by atoms with Crippen LogP contribution in [0.2, 0.25) is 0 Å². The summed E-state index contributed by atoms with van der Waals surface area (Å²) in [4.78, 5) is 10.5. The van der Waals surface area contributed by atoms with Crippen LogP contribution in [0, 0.1) is 0 Å². The molecule has 0 aliphatic carbocycles. The van der Waals surface area contributed by atoms with Crippen LogP contribution in [0.3, 0.4) is 0 Å². The number of likely N-dealkylation sites (N-methyl/N-ethyl adjacent to an activating group) is 1. The molecule has 0 saturated carbocycles. The third kappa shape index (κ3) is 5.85. The van der Waals surface area contributed by atoms with Gasteiger partial charge in [-0.25, -0.2) is 0 Å². The van der Waals surface area contributed by atoms with Gasteiger partial charge in [0, 0.05) is 13.5 Å². The minimum absolute atomic E-state index is 0.135. The highest BCUT2D eigenvalue weighted by molar-refractivity contribution is 8.16. The number of hydrogen-bond donors (Lipinski definition) is 1. The second-order valence-corrected chi connectivity index (χ2v) is 3.15. The lowest BCUT2D eigenvalue weighted by Crippen LogP contribution is -2.08. The minimum Gasteiger partial charge on any atom is -0.316 e. The number of carbonyl (C=O) groups is 1. The van der Waals surface area contributed by atoms with Crippen molar-refractivity contribution in [1.82, 2.24) is 5.32 Å². The summed E-state index contributed by atoms with van der Waals surface area (Å²) in [6.07, 6.45) is 0. The molecule has 1 N–H and O–H groups in total. The van der Waals surface area contributed by atoms with E-state index in [9.17, 15) is 4.79 Å². The standard InChI is InChI=1S/C7H13NOS/c1-6(4-8-3)5-10-7(2)9/h5,8H,4H2,1-3H3/b6-5+. The number of carbonyl (C=O) groups excluding carboxylic acids is 1. The first-order valence-electron chi connectivity index (χ1n) is 3.14. The summed E-state index contributed by atoms with van der Waals surface area (Å²) >= 11 is 1.24. The first-order valence-corrected chi connectivity index (χ1v) is 4.02. The number of thioether (sulfide) groups is 1. The van der Waals surface area contributed by atoms with Crippen LogP contribution in [0.25, 0.3) is 0 Å². The third-order valence-corrected chi connectivity index (χ3v) is 1.73. The zero-order chi connectivity index (χ0) is 7.98. The summed E-state index contributed by atoms with van der Waals surface area (Å²) < 4.78 is 0. The summed E-state index contributed by atoms with van der Waals surface area (Å²) in [6.45, 7) is 4.40. The van der Waals surface area contributed by atoms with Gasteiger partial charge in [0.05, 0.1) is 0 Å². The second-order valence-electron chi connectivity index (χ2n) is 2.10. The first-order chi connectivity index (χ1) is 4.66. The Bertz CT molecular complexity index is 143. The number of hydrogen-bond acceptors (Lipinski definition) is 3. The molecule has 58 valence electrons. The van der Waals surface area contributed by atoms with Gasteiger partial charge in [0.2, 0.25) is 0 Å². The van der Waals surface area contributed by atoms with Gasteiger partial charge in [-0.1, -0.05) is 17.3 Å². The van der Waals surface area contributed by atoms with Gasteiger partial charge in [0.25, 0.3) is 0 Å². The van der Waals surface area contributed by atoms with Crippen molar-refractivity contribution >= 4 is 16.9 Å². The van der Waals surface area contributed by atoms with Gasteiger partial charge in [-0.05, 0) is 19.4 Å². The second kappa shape index (κ2) is 5.50. The van der Waals surface area contributed by atoms with Crippen LogP contribution < -0.4 is 5.32 Å². The molecule has 0 aromatic rings. The van der Waals surface area contributed by atoms with Gasteiger partial charge in [0.1, 0.15) is 0 Å². The fourth-order valence-corrected chi connectivity index (χ4v) is 0.955. The van der Waals surface area contributed by atoms with E-state index in [1.165, 1.54) is 17.3 Å². The lowest BCUT2D eigenvalue weighted by molar-refractivity contribution is -0.109. The highest BCUT2D eigenvalue weighted by atomic mass is 32.2. The molecule has 3 heteroatoms. The Morgan fingerprint density at radius 2 is 2.20 bits per heavy atom. The van der Waals surface area contributed by atoms with Crippen molar-refractivity contribution < 1.29 is 4.79 Å². The summed E-state index contributed by atoms with van der Waals surface area (Å²) in [6, 6.07) is 0. The lowest BCUT2D eigenvalue weighted by atomic mass is 10.4. The molecule has 0 rings (SSSR count). The van der Waals surface area contributed by atoms with E-state index in [0.29, 0.717) is 0 Å². The quantitative estimate of drug-likeness (QED) is 0.674. The van der Waals surface area contributed by atoms with E-state index >= 15 is 0 Å². The molecule has 0 radical (unpaired) electrons. The van der Waals surface area contributed by atoms with Gasteiger partial charge in [-0.15, -0.1) is 0 Å². The molecular formula is C7H13NOS. The van der Waals surface area contributed by atoms with E-state index in [1.54, 1.807) is 6.92 Å². The van der Waals surface area contributed by atoms with Gasteiger partial charge in [-0.3, -0.25) is 4.79 Å². The molecule has 10 heavy (non-hydrogen) atoms. The minimum atomic E-state index is 0.135. The highest BCUT2D eigenvalue weighted by Crippen LogP contribution is 2.06. The molecule has 0 amide bonds. The Hall–Kier alpha value is -0.280. The van der Waals surface area contributed by atoms with Crippen LogP contribution in [0.1, 0.15) is 13.8 Å². The predicted molar refractivity (Wildman–Crippen MR) is 46.0 cm³/mol. The van der Waals surface area contributed by atoms with E-state index in [2.05, 4.69) is 5.32 Å². The third-order valence-electron chi connectivity index (χ3n) is 0.882. The van der Waals surface area contributed by atoms with Crippen LogP contribution >= 0.6 is 11.8 Å². The van der Waals surface area contributed by atoms with Crippen molar-refractivity contribution in [2.45, 2.75) is 13.8 Å². The van der Waals surface area contributed by atoms with Crippen molar-refractivity contribution in [2.24, 2.45) is 0 Å². The molecule has 0 heterocycles. The van der Waals surface area contributed by atoms with Crippen LogP contribution in [-0.2, 0) is 4.79 Å². The normalized spacial score (nSPS) is 11.7. The predicted octanol–water partition coefficient (Wildman–Crippen LogP) is 1.39. The van der Waals surface area contributed by atoms with E-state index in [1.807, 2.05) is 19.4 Å². The van der Waals surface area contributed by atoms with E-state index < -0.39 is 0 Å². The average Bonchev–Trinajstić information content (AvgIpc) is 1.85. The van der Waals surface area contributed by atoms with Gasteiger partial charge in [-0.2, -0.15) is 0 Å². The fraction of sp³-hybridized carbons (Fsp3) is 0.571. The van der Waals surface area contributed by atoms with Gasteiger partial charge >= 0.3 is 0 Å². The topological polar surface area (TPSA) is 29.1 Å². The molecular weight excluding hydrogens is 146 g/mol. The lowest BCUT2D eigenvalue weighted by Gasteiger charge is -1.96. The summed E-state index contributed by atoms with van der Waals surface area (Å²) in [5, 5.41) is 5.01. The smallest absolute Gasteiger partial charge is 0.190 e. The van der Waals surface area contributed by atoms with Crippen LogP contribution in [0.5, 0.6) is 0 Å². The van der Waals surface area contributed by atoms with Gasteiger partial charge < -0.3 is 5.32 Å². The van der Waals surface area contributed by atoms with Crippen LogP contribution in [0.15, 0.2) is 11.0 Å². The molecule has 2 nitrogen and oxygen atoms in total. The molecule has 0 saturated heterocycles. The zero-order valence-corrected chi connectivity index (χ0v) is 7.42. The molecule has 0 spiro atoms. The van der Waals surface area contributed by atoms with Crippen molar-refractivity contribution in [2.75, 3.05) is 13.6 Å². The van der Waals surface area contributed by atoms with Crippen molar-refractivity contribution in [1.29, 1.82) is 0 Å². The van der Waals surface area contributed by atoms with Crippen LogP contribution in [-0.4, -0.2) is 18.7 Å². The summed E-state index contributed by atoms with van der Waals surface area (Å²) in [5.41, 5.74) is 1.18. The van der Waals surface area contributed by atoms with Crippen molar-refractivity contribution in [3.63, 3.8) is 0 Å². The molecule has 0 aromatic heterocycles. The highest BCUT2D eigenvalue weighted by Gasteiger charge is 1.89. The maximum Gasteiger partial charge on any atom is 0.190 e. The Kier molecular flexibility index (Phi) is 5.35. The summed E-state index contributed by atoms with van der Waals surface area (Å²) in [7, 11) is 1.88. The van der Waals surface area contributed by atoms with Crippen LogP contribution in [0.4, 0.5) is 0 Å². The molecule has 0 aromatic carbocycles. The van der Waals surface area contributed by atoms with E-state index in [-0.39, 0.29) is 5.12 Å². The maximum atomic E-state index is 10.5. The Labute approximate surface area is 66.1 Å². The van der Waals surface area contributed by atoms with Gasteiger partial charge in [0.15, 0.2) is 5.12 Å². The van der Waals surface area contributed by atoms with Crippen molar-refractivity contribution in [3.05, 3.63) is 11.0 Å². The average molecular weight is 159 g/mol. The maximum absolute atomic E-state index is 10.5. The largest absolute Gasteiger partial charge is 0.316 e. The molecule has 0 aliphatic heterocycles. The first kappa shape index (κ1) is 9.72. The Balaban J connectivity index is 3.57. The number of nitrogens with one attached hydrogen (secondary N) is 1. The Morgan fingerprint density at radius 3 is 2.60 bits per heavy atom.